The molecule has 0 amide bonds. The van der Waals surface area contributed by atoms with Crippen LogP contribution >= 0.6 is 15.9 Å². The van der Waals surface area contributed by atoms with Gasteiger partial charge in [-0.05, 0) is 47.3 Å². The molecule has 1 aliphatic rings. The Balaban J connectivity index is 1.84. The molecule has 2 nitrogen and oxygen atoms in total. The van der Waals surface area contributed by atoms with E-state index in [2.05, 4.69) is 44.4 Å². The molecule has 15 heavy (non-hydrogen) atoms. The normalized spacial score (nSPS) is 20.5. The molecular weight excluding hydrogens is 252 g/mol. The van der Waals surface area contributed by atoms with Crippen LogP contribution in [0.1, 0.15) is 25.0 Å². The summed E-state index contributed by atoms with van der Waals surface area (Å²) in [6, 6.07) is 6.65. The van der Waals surface area contributed by atoms with Gasteiger partial charge in [0.1, 0.15) is 4.60 Å². The molecule has 0 aliphatic heterocycles. The van der Waals surface area contributed by atoms with E-state index in [9.17, 15) is 0 Å². The minimum absolute atomic E-state index is 0.621. The fraction of sp³-hybridized carbons (Fsp3) is 0.417. The van der Waals surface area contributed by atoms with Gasteiger partial charge >= 0.3 is 0 Å². The van der Waals surface area contributed by atoms with Gasteiger partial charge in [-0.3, -0.25) is 0 Å². The summed E-state index contributed by atoms with van der Waals surface area (Å²) in [4.78, 5) is 4.39. The Bertz CT molecular complexity index is 349. The summed E-state index contributed by atoms with van der Waals surface area (Å²) >= 11 is 3.38. The van der Waals surface area contributed by atoms with Crippen LogP contribution in [0.15, 0.2) is 35.0 Å². The largest absolute Gasteiger partial charge is 0.308 e. The lowest BCUT2D eigenvalue weighted by atomic mass is 10.0. The standard InChI is InChI=1S/C12H15BrN2/c13-12-8-4-7-11(15-12)9-14-10-5-2-1-3-6-10/h1-2,4,7-8,10,14H,3,5-6,9H2. The highest BCUT2D eigenvalue weighted by molar-refractivity contribution is 9.10. The number of allylic oxidation sites excluding steroid dienone is 1. The number of pyridine rings is 1. The van der Waals surface area contributed by atoms with Crippen molar-refractivity contribution in [2.45, 2.75) is 31.8 Å². The minimum Gasteiger partial charge on any atom is -0.308 e. The van der Waals surface area contributed by atoms with Gasteiger partial charge in [0.25, 0.3) is 0 Å². The molecule has 1 heterocycles. The van der Waals surface area contributed by atoms with Crippen LogP contribution in [-0.2, 0) is 6.54 Å². The zero-order chi connectivity index (χ0) is 10.5. The highest BCUT2D eigenvalue weighted by Gasteiger charge is 2.08. The Labute approximate surface area is 98.9 Å². The maximum absolute atomic E-state index is 4.39. The SMILES string of the molecule is Brc1cccc(CNC2CC=CCC2)n1. The number of hydrogen-bond acceptors (Lipinski definition) is 2. The van der Waals surface area contributed by atoms with Gasteiger partial charge in [0.05, 0.1) is 5.69 Å². The molecule has 0 bridgehead atoms. The zero-order valence-corrected chi connectivity index (χ0v) is 10.2. The maximum Gasteiger partial charge on any atom is 0.106 e. The van der Waals surface area contributed by atoms with E-state index < -0.39 is 0 Å². The predicted octanol–water partition coefficient (Wildman–Crippen LogP) is 3.04. The number of rotatable bonds is 3. The number of nitrogens with zero attached hydrogens (tertiary/aromatic N) is 1. The van der Waals surface area contributed by atoms with Crippen molar-refractivity contribution in [3.05, 3.63) is 40.6 Å². The Morgan fingerprint density at radius 2 is 2.33 bits per heavy atom. The number of nitrogens with one attached hydrogen (secondary N) is 1. The first-order chi connectivity index (χ1) is 7.34. The molecule has 2 rings (SSSR count). The van der Waals surface area contributed by atoms with Crippen molar-refractivity contribution in [3.63, 3.8) is 0 Å². The Morgan fingerprint density at radius 3 is 3.07 bits per heavy atom. The summed E-state index contributed by atoms with van der Waals surface area (Å²) in [6.45, 7) is 0.859. The summed E-state index contributed by atoms with van der Waals surface area (Å²) in [5.74, 6) is 0. The van der Waals surface area contributed by atoms with Crippen LogP contribution < -0.4 is 5.32 Å². The lowest BCUT2D eigenvalue weighted by Crippen LogP contribution is -2.29. The van der Waals surface area contributed by atoms with Crippen molar-refractivity contribution in [3.8, 4) is 0 Å². The molecule has 1 unspecified atom stereocenters. The van der Waals surface area contributed by atoms with E-state index in [1.54, 1.807) is 0 Å². The summed E-state index contributed by atoms with van der Waals surface area (Å²) in [5.41, 5.74) is 1.10. The first-order valence-electron chi connectivity index (χ1n) is 5.34. The average molecular weight is 267 g/mol. The van der Waals surface area contributed by atoms with Gasteiger partial charge in [-0.1, -0.05) is 18.2 Å². The molecular formula is C12H15BrN2. The molecule has 0 spiro atoms. The number of aromatic nitrogens is 1. The van der Waals surface area contributed by atoms with Crippen LogP contribution in [0.25, 0.3) is 0 Å². The summed E-state index contributed by atoms with van der Waals surface area (Å²) in [7, 11) is 0. The molecule has 1 aliphatic carbocycles. The molecule has 0 saturated carbocycles. The van der Waals surface area contributed by atoms with Crippen LogP contribution in [0.4, 0.5) is 0 Å². The first-order valence-corrected chi connectivity index (χ1v) is 6.14. The van der Waals surface area contributed by atoms with E-state index in [1.807, 2.05) is 12.1 Å². The van der Waals surface area contributed by atoms with E-state index in [1.165, 1.54) is 12.8 Å². The highest BCUT2D eigenvalue weighted by atomic mass is 79.9. The Hall–Kier alpha value is -0.670. The summed E-state index contributed by atoms with van der Waals surface area (Å²) in [5, 5.41) is 3.53. The van der Waals surface area contributed by atoms with Crippen molar-refractivity contribution >= 4 is 15.9 Å². The monoisotopic (exact) mass is 266 g/mol. The van der Waals surface area contributed by atoms with Crippen LogP contribution in [0.2, 0.25) is 0 Å². The van der Waals surface area contributed by atoms with E-state index in [0.717, 1.165) is 23.3 Å². The average Bonchev–Trinajstić information content (AvgIpc) is 2.28. The molecule has 1 aromatic heterocycles. The molecule has 80 valence electrons. The van der Waals surface area contributed by atoms with Crippen molar-refractivity contribution in [1.29, 1.82) is 0 Å². The Morgan fingerprint density at radius 1 is 1.40 bits per heavy atom. The van der Waals surface area contributed by atoms with E-state index >= 15 is 0 Å². The summed E-state index contributed by atoms with van der Waals surface area (Å²) < 4.78 is 0.908. The third kappa shape index (κ3) is 3.43. The van der Waals surface area contributed by atoms with Gasteiger partial charge in [-0.25, -0.2) is 4.98 Å². The summed E-state index contributed by atoms with van der Waals surface area (Å²) in [6.07, 6.45) is 8.10. The third-order valence-electron chi connectivity index (χ3n) is 2.61. The molecule has 0 aromatic carbocycles. The molecule has 0 saturated heterocycles. The third-order valence-corrected chi connectivity index (χ3v) is 3.06. The van der Waals surface area contributed by atoms with E-state index in [4.69, 9.17) is 0 Å². The quantitative estimate of drug-likeness (QED) is 0.672. The Kier molecular flexibility index (Phi) is 3.92. The van der Waals surface area contributed by atoms with Gasteiger partial charge in [0.15, 0.2) is 0 Å². The number of hydrogen-bond donors (Lipinski definition) is 1. The van der Waals surface area contributed by atoms with E-state index in [-0.39, 0.29) is 0 Å². The zero-order valence-electron chi connectivity index (χ0n) is 8.62. The van der Waals surface area contributed by atoms with Crippen molar-refractivity contribution in [2.24, 2.45) is 0 Å². The molecule has 0 radical (unpaired) electrons. The second-order valence-corrected chi connectivity index (χ2v) is 4.63. The maximum atomic E-state index is 4.39. The highest BCUT2D eigenvalue weighted by Crippen LogP contribution is 2.11. The second-order valence-electron chi connectivity index (χ2n) is 3.81. The van der Waals surface area contributed by atoms with Crippen LogP contribution in [0, 0.1) is 0 Å². The van der Waals surface area contributed by atoms with Crippen LogP contribution in [-0.4, -0.2) is 11.0 Å². The first kappa shape index (κ1) is 10.8. The molecule has 3 heteroatoms. The van der Waals surface area contributed by atoms with Gasteiger partial charge in [0, 0.05) is 12.6 Å². The predicted molar refractivity (Wildman–Crippen MR) is 65.6 cm³/mol. The second kappa shape index (κ2) is 5.42. The van der Waals surface area contributed by atoms with E-state index in [0.29, 0.717) is 6.04 Å². The lowest BCUT2D eigenvalue weighted by molar-refractivity contribution is 0.471. The fourth-order valence-corrected chi connectivity index (χ4v) is 2.16. The van der Waals surface area contributed by atoms with Crippen molar-refractivity contribution in [2.75, 3.05) is 0 Å². The smallest absolute Gasteiger partial charge is 0.106 e. The van der Waals surface area contributed by atoms with Crippen molar-refractivity contribution in [1.82, 2.24) is 10.3 Å². The molecule has 0 fully saturated rings. The molecule has 1 aromatic rings. The topological polar surface area (TPSA) is 24.9 Å². The molecule has 1 atom stereocenters. The van der Waals surface area contributed by atoms with Crippen LogP contribution in [0.3, 0.4) is 0 Å². The fourth-order valence-electron chi connectivity index (χ4n) is 1.78. The van der Waals surface area contributed by atoms with Crippen molar-refractivity contribution < 1.29 is 0 Å². The van der Waals surface area contributed by atoms with Crippen LogP contribution in [0.5, 0.6) is 0 Å². The number of halogens is 1. The van der Waals surface area contributed by atoms with Gasteiger partial charge in [0.2, 0.25) is 0 Å². The van der Waals surface area contributed by atoms with Gasteiger partial charge < -0.3 is 5.32 Å². The lowest BCUT2D eigenvalue weighted by Gasteiger charge is -2.19. The van der Waals surface area contributed by atoms with Gasteiger partial charge in [-0.2, -0.15) is 0 Å². The molecule has 1 N–H and O–H groups in total. The van der Waals surface area contributed by atoms with Gasteiger partial charge in [-0.15, -0.1) is 0 Å². The minimum atomic E-state index is 0.621.